The average molecular weight is 1400 g/mol. The number of amides is 6. The van der Waals surface area contributed by atoms with Gasteiger partial charge in [0.2, 0.25) is 15.9 Å². The van der Waals surface area contributed by atoms with E-state index in [1.165, 1.54) is 34.8 Å². The minimum absolute atomic E-state index is 0.00539. The van der Waals surface area contributed by atoms with Crippen molar-refractivity contribution in [1.82, 2.24) is 29.4 Å². The van der Waals surface area contributed by atoms with Gasteiger partial charge in [0.05, 0.1) is 24.7 Å². The molecule has 0 aliphatic carbocycles. The molecule has 2 unspecified atom stereocenters. The molecular weight excluding hydrogens is 1300 g/mol. The highest BCUT2D eigenvalue weighted by atomic mass is 32.2. The molecule has 0 radical (unpaired) electrons. The van der Waals surface area contributed by atoms with Gasteiger partial charge in [0.1, 0.15) is 30.7 Å². The van der Waals surface area contributed by atoms with Gasteiger partial charge in [-0.25, -0.2) is 45.2 Å². The van der Waals surface area contributed by atoms with Crippen LogP contribution in [0.15, 0.2) is 84.9 Å². The summed E-state index contributed by atoms with van der Waals surface area (Å²) in [5.41, 5.74) is 5.10. The topological polar surface area (TPSA) is 180 Å². The van der Waals surface area contributed by atoms with Crippen LogP contribution in [0, 0.1) is 17.5 Å². The van der Waals surface area contributed by atoms with Gasteiger partial charge in [0.15, 0.2) is 0 Å². The third-order valence-electron chi connectivity index (χ3n) is 23.3. The highest BCUT2D eigenvalue weighted by Gasteiger charge is 2.53. The smallest absolute Gasteiger partial charge is 0.410 e. The molecular formula is C74H98F4N10O10S. The molecule has 0 aromatic heterocycles. The van der Waals surface area contributed by atoms with Crippen LogP contribution in [0.1, 0.15) is 134 Å². The lowest BCUT2D eigenvalue weighted by Gasteiger charge is -2.47. The Morgan fingerprint density at radius 2 is 0.970 bits per heavy atom. The number of hydrogen-bond donors (Lipinski definition) is 0. The Morgan fingerprint density at radius 1 is 0.545 bits per heavy atom. The molecule has 99 heavy (non-hydrogen) atoms. The Hall–Kier alpha value is -7.22. The summed E-state index contributed by atoms with van der Waals surface area (Å²) in [5, 5.41) is 0. The van der Waals surface area contributed by atoms with Crippen molar-refractivity contribution < 1.29 is 64.2 Å². The molecule has 7 saturated heterocycles. The lowest BCUT2D eigenvalue weighted by atomic mass is 9.73. The number of halogens is 4. The van der Waals surface area contributed by atoms with Gasteiger partial charge in [-0.3, -0.25) is 18.9 Å². The summed E-state index contributed by atoms with van der Waals surface area (Å²) in [4.78, 5) is 80.4. The molecule has 4 aromatic rings. The Kier molecular flexibility index (Phi) is 21.5. The molecule has 20 nitrogen and oxygen atoms in total. The summed E-state index contributed by atoms with van der Waals surface area (Å²) < 4.78 is 96.6. The molecule has 4 aromatic carbocycles. The zero-order chi connectivity index (χ0) is 70.1. The van der Waals surface area contributed by atoms with Gasteiger partial charge in [0.25, 0.3) is 0 Å². The number of hydrogen-bond acceptors (Lipinski definition) is 13. The Morgan fingerprint density at radius 3 is 1.41 bits per heavy atom. The van der Waals surface area contributed by atoms with Gasteiger partial charge in [0, 0.05) is 123 Å². The van der Waals surface area contributed by atoms with Gasteiger partial charge in [-0.1, -0.05) is 18.2 Å². The average Bonchev–Trinajstić information content (AvgIpc) is 1.60. The lowest BCUT2D eigenvalue weighted by molar-refractivity contribution is -0.116. The molecule has 538 valence electrons. The van der Waals surface area contributed by atoms with Crippen molar-refractivity contribution in [3.63, 3.8) is 0 Å². The van der Waals surface area contributed by atoms with E-state index in [0.29, 0.717) is 76.2 Å². The maximum absolute atomic E-state index is 14.4. The molecule has 14 rings (SSSR count). The second-order valence-corrected chi connectivity index (χ2v) is 31.3. The number of fused-ring (bicyclic) bond motifs is 8. The standard InChI is InChI=1S/C28H35FN4O3.C24H34FN3O4S.C22H29F2N3O3/c1-3-36-27(35)32-15-11-23(12-16-32)31-17-13-28(14-18-31)20-33(25-10-9-21(29)19-24(25)28)26(34)30(2)22-7-5-4-6-8-22;1-16(2)32-23(29)28-18-5-6-19(28)14-20(13-18)26-10-8-24(9-11-26)15-27(33(3,30)31)22-7-4-17(25)12-21(22)24;1-16(28)27-15-22(19-14-17(24)2-3-20(19)27)6-11-25(12-7-22)18-4-9-26(10-5-18)21(29)30-13-8-23/h4-10,19,23H,3,11-18,20H2,1-2H3;4,7,12,16,18-20H,5-6,8-11,13-15H2,1-3H3;2-3,14,18H,4-13,15H2,1H3. The zero-order valence-electron chi connectivity index (χ0n) is 58.2. The van der Waals surface area contributed by atoms with E-state index in [4.69, 9.17) is 14.2 Å². The summed E-state index contributed by atoms with van der Waals surface area (Å²) >= 11 is 0. The number of nitrogens with zero attached hydrogens (tertiary/aromatic N) is 10. The number of para-hydroxylation sites is 1. The van der Waals surface area contributed by atoms with E-state index in [2.05, 4.69) is 14.7 Å². The largest absolute Gasteiger partial charge is 0.450 e. The van der Waals surface area contributed by atoms with Crippen LogP contribution in [0.4, 0.5) is 59.5 Å². The number of alkyl halides is 1. The van der Waals surface area contributed by atoms with Crippen LogP contribution in [0.25, 0.3) is 0 Å². The first-order valence-electron chi connectivity index (χ1n) is 35.8. The minimum Gasteiger partial charge on any atom is -0.450 e. The minimum atomic E-state index is -3.42. The van der Waals surface area contributed by atoms with E-state index in [9.17, 15) is 50.0 Å². The first-order valence-corrected chi connectivity index (χ1v) is 37.6. The van der Waals surface area contributed by atoms with E-state index in [0.717, 1.165) is 163 Å². The van der Waals surface area contributed by atoms with E-state index in [-0.39, 0.29) is 82.6 Å². The van der Waals surface area contributed by atoms with Crippen molar-refractivity contribution in [1.29, 1.82) is 0 Å². The normalized spacial score (nSPS) is 23.5. The second kappa shape index (κ2) is 29.8. The molecule has 0 saturated carbocycles. The highest BCUT2D eigenvalue weighted by Crippen LogP contribution is 2.52. The maximum Gasteiger partial charge on any atom is 0.410 e. The molecule has 2 atom stereocenters. The Labute approximate surface area is 580 Å². The highest BCUT2D eigenvalue weighted by molar-refractivity contribution is 7.92. The number of rotatable bonds is 9. The van der Waals surface area contributed by atoms with Crippen molar-refractivity contribution in [2.24, 2.45) is 0 Å². The molecule has 3 spiro atoms. The van der Waals surface area contributed by atoms with E-state index < -0.39 is 22.8 Å². The van der Waals surface area contributed by atoms with Gasteiger partial charge in [-0.2, -0.15) is 0 Å². The number of ether oxygens (including phenoxy) is 3. The number of anilines is 4. The number of carbonyl (C=O) groups excluding carboxylic acids is 5. The van der Waals surface area contributed by atoms with E-state index in [1.807, 2.05) is 60.9 Å². The molecule has 2 bridgehead atoms. The first-order chi connectivity index (χ1) is 47.4. The molecule has 10 heterocycles. The molecule has 25 heteroatoms. The van der Waals surface area contributed by atoms with Gasteiger partial charge in [-0.15, -0.1) is 0 Å². The number of carbonyl (C=O) groups is 5. The molecule has 6 amide bonds. The third-order valence-corrected chi connectivity index (χ3v) is 24.5. The SMILES string of the molecule is CC(=O)N1CC2(CCN(C3CCN(C(=O)OCCF)CC3)CC2)c2cc(F)ccc21.CC(C)OC(=O)N1C2CCC1CC(N1CCC3(CC1)CN(S(C)(=O)=O)c1ccc(F)cc13)C2.CCOC(=O)N1CCC(N2CCC3(CC2)CN(C(=O)N(C)c2ccccc2)c2ccc(F)cc23)CC1. The quantitative estimate of drug-likeness (QED) is 0.114. The van der Waals surface area contributed by atoms with Gasteiger partial charge in [-0.05, 0) is 233 Å². The van der Waals surface area contributed by atoms with Crippen molar-refractivity contribution >= 4 is 63.0 Å². The monoisotopic (exact) mass is 1390 g/mol. The maximum atomic E-state index is 14.4. The van der Waals surface area contributed by atoms with Crippen LogP contribution in [0.5, 0.6) is 0 Å². The fourth-order valence-electron chi connectivity index (χ4n) is 18.1. The molecule has 0 N–H and O–H groups in total. The van der Waals surface area contributed by atoms with Gasteiger partial charge >= 0.3 is 24.3 Å². The Balaban J connectivity index is 0.000000142. The summed E-state index contributed by atoms with van der Waals surface area (Å²) in [7, 11) is -1.63. The molecule has 10 aliphatic rings. The number of sulfonamides is 1. The molecule has 7 fully saturated rings. The Bertz CT molecular complexity index is 3670. The zero-order valence-corrected chi connectivity index (χ0v) is 59.1. The van der Waals surface area contributed by atoms with Crippen LogP contribution in [-0.2, 0) is 45.3 Å². The predicted octanol–water partition coefficient (Wildman–Crippen LogP) is 11.4. The van der Waals surface area contributed by atoms with Crippen LogP contribution in [0.3, 0.4) is 0 Å². The van der Waals surface area contributed by atoms with Gasteiger partial charge < -0.3 is 48.5 Å². The first kappa shape index (κ1) is 71.6. The second-order valence-electron chi connectivity index (χ2n) is 29.4. The number of benzene rings is 4. The van der Waals surface area contributed by atoms with Crippen molar-refractivity contribution in [3.8, 4) is 0 Å². The fourth-order valence-corrected chi connectivity index (χ4v) is 19.1. The third kappa shape index (κ3) is 14.9. The number of likely N-dealkylation sites (tertiary alicyclic amines) is 5. The van der Waals surface area contributed by atoms with E-state index in [1.54, 1.807) is 63.9 Å². The lowest BCUT2D eigenvalue weighted by Crippen LogP contribution is -2.55. The van der Waals surface area contributed by atoms with Crippen molar-refractivity contribution in [2.75, 3.05) is 137 Å². The van der Waals surface area contributed by atoms with Crippen molar-refractivity contribution in [2.45, 2.75) is 170 Å². The summed E-state index contributed by atoms with van der Waals surface area (Å²) in [5.74, 6) is -0.835. The number of urea groups is 1. The van der Waals surface area contributed by atoms with Crippen LogP contribution >= 0.6 is 0 Å². The summed E-state index contributed by atoms with van der Waals surface area (Å²) in [6.07, 6.45) is 13.0. The number of piperidine rings is 6. The predicted molar refractivity (Wildman–Crippen MR) is 371 cm³/mol. The summed E-state index contributed by atoms with van der Waals surface area (Å²) in [6.45, 7) is 16.2. The summed E-state index contributed by atoms with van der Waals surface area (Å²) in [6, 6.07) is 25.3. The van der Waals surface area contributed by atoms with Crippen LogP contribution in [-0.4, -0.2) is 223 Å². The van der Waals surface area contributed by atoms with Crippen molar-refractivity contribution in [3.05, 3.63) is 119 Å². The van der Waals surface area contributed by atoms with Crippen LogP contribution in [0.2, 0.25) is 0 Å². The molecule has 10 aliphatic heterocycles. The fraction of sp³-hybridized carbons (Fsp3) is 0.608. The van der Waals surface area contributed by atoms with E-state index >= 15 is 0 Å². The van der Waals surface area contributed by atoms with Crippen LogP contribution < -0.4 is 19.0 Å².